The molecule has 0 bridgehead atoms. The lowest BCUT2D eigenvalue weighted by molar-refractivity contribution is 1.20. The van der Waals surface area contributed by atoms with Crippen molar-refractivity contribution in [2.75, 3.05) is 11.1 Å². The minimum atomic E-state index is 0.263. The molecule has 82 valence electrons. The lowest BCUT2D eigenvalue weighted by Gasteiger charge is -2.21. The number of anilines is 3. The third kappa shape index (κ3) is 1.50. The summed E-state index contributed by atoms with van der Waals surface area (Å²) in [5.41, 5.74) is 7.85. The summed E-state index contributed by atoms with van der Waals surface area (Å²) in [6, 6.07) is 10.0. The van der Waals surface area contributed by atoms with Gasteiger partial charge in [0.25, 0.3) is 0 Å². The van der Waals surface area contributed by atoms with Crippen LogP contribution in [0.4, 0.5) is 17.2 Å². The van der Waals surface area contributed by atoms with Crippen molar-refractivity contribution >= 4 is 29.0 Å². The van der Waals surface area contributed by atoms with Crippen LogP contribution >= 0.6 is 11.8 Å². The molecule has 1 aliphatic rings. The first-order valence-corrected chi connectivity index (χ1v) is 5.83. The van der Waals surface area contributed by atoms with E-state index in [1.54, 1.807) is 18.0 Å². The Bertz CT molecular complexity index is 645. The van der Waals surface area contributed by atoms with E-state index in [2.05, 4.69) is 16.4 Å². The maximum Gasteiger partial charge on any atom is 0.143 e. The van der Waals surface area contributed by atoms with E-state index < -0.39 is 0 Å². The molecule has 0 fully saturated rings. The van der Waals surface area contributed by atoms with Gasteiger partial charge in [-0.15, -0.1) is 0 Å². The van der Waals surface area contributed by atoms with Crippen molar-refractivity contribution in [2.24, 2.45) is 0 Å². The van der Waals surface area contributed by atoms with Crippen molar-refractivity contribution in [3.63, 3.8) is 0 Å². The molecule has 0 saturated heterocycles. The number of rotatable bonds is 0. The number of fused-ring (bicyclic) bond motifs is 2. The number of nitrogens with zero attached hydrogens (tertiary/aromatic N) is 2. The Labute approximate surface area is 102 Å². The number of para-hydroxylation sites is 1. The largest absolute Gasteiger partial charge is 0.383 e. The predicted molar refractivity (Wildman–Crippen MR) is 67.2 cm³/mol. The number of hydrogen-bond acceptors (Lipinski definition) is 5. The molecule has 17 heavy (non-hydrogen) atoms. The molecule has 2 aromatic rings. The lowest BCUT2D eigenvalue weighted by Crippen LogP contribution is -2.05. The first kappa shape index (κ1) is 10.00. The normalized spacial score (nSPS) is 11.9. The molecule has 1 aromatic heterocycles. The molecule has 1 aliphatic heterocycles. The molecule has 5 heteroatoms. The maximum absolute atomic E-state index is 9.10. The Kier molecular flexibility index (Phi) is 2.16. The van der Waals surface area contributed by atoms with Crippen LogP contribution in [0.25, 0.3) is 0 Å². The fourth-order valence-electron chi connectivity index (χ4n) is 1.74. The van der Waals surface area contributed by atoms with Crippen LogP contribution in [0.15, 0.2) is 40.3 Å². The molecular formula is C12H8N4S. The summed E-state index contributed by atoms with van der Waals surface area (Å²) in [7, 11) is 0. The topological polar surface area (TPSA) is 74.7 Å². The number of nitrogens with two attached hydrogens (primary N) is 1. The van der Waals surface area contributed by atoms with Crippen molar-refractivity contribution in [3.8, 4) is 6.07 Å². The van der Waals surface area contributed by atoms with E-state index in [0.29, 0.717) is 5.56 Å². The van der Waals surface area contributed by atoms with Crippen LogP contribution < -0.4 is 11.1 Å². The molecule has 0 atom stereocenters. The average Bonchev–Trinajstić information content (AvgIpc) is 2.36. The summed E-state index contributed by atoms with van der Waals surface area (Å²) in [6.07, 6.45) is 1.69. The summed E-state index contributed by atoms with van der Waals surface area (Å²) in [4.78, 5) is 6.08. The SMILES string of the molecule is N#Cc1c(N)ncc2c1Nc1ccccc1S2. The number of nitrogens with one attached hydrogen (secondary N) is 1. The van der Waals surface area contributed by atoms with Crippen LogP contribution in [-0.4, -0.2) is 4.98 Å². The van der Waals surface area contributed by atoms with Gasteiger partial charge in [-0.05, 0) is 12.1 Å². The zero-order valence-corrected chi connectivity index (χ0v) is 9.58. The third-order valence-corrected chi connectivity index (χ3v) is 3.66. The Morgan fingerprint density at radius 2 is 2.12 bits per heavy atom. The van der Waals surface area contributed by atoms with Crippen LogP contribution in [0, 0.1) is 11.3 Å². The quantitative estimate of drug-likeness (QED) is 0.632. The van der Waals surface area contributed by atoms with E-state index in [1.807, 2.05) is 24.3 Å². The molecule has 0 spiro atoms. The number of pyridine rings is 1. The molecule has 3 N–H and O–H groups in total. The van der Waals surface area contributed by atoms with Crippen LogP contribution in [0.5, 0.6) is 0 Å². The second kappa shape index (κ2) is 3.68. The van der Waals surface area contributed by atoms with Crippen molar-refractivity contribution in [1.82, 2.24) is 4.98 Å². The second-order valence-corrected chi connectivity index (χ2v) is 4.68. The summed E-state index contributed by atoms with van der Waals surface area (Å²) in [5, 5.41) is 12.3. The van der Waals surface area contributed by atoms with Crippen LogP contribution in [-0.2, 0) is 0 Å². The monoisotopic (exact) mass is 240 g/mol. The molecule has 0 saturated carbocycles. The van der Waals surface area contributed by atoms with E-state index in [0.717, 1.165) is 21.2 Å². The first-order valence-electron chi connectivity index (χ1n) is 5.02. The Hall–Kier alpha value is -2.19. The van der Waals surface area contributed by atoms with Crippen molar-refractivity contribution in [2.45, 2.75) is 9.79 Å². The van der Waals surface area contributed by atoms with Gasteiger partial charge in [-0.2, -0.15) is 5.26 Å². The van der Waals surface area contributed by atoms with Gasteiger partial charge >= 0.3 is 0 Å². The Morgan fingerprint density at radius 1 is 1.29 bits per heavy atom. The Morgan fingerprint density at radius 3 is 2.94 bits per heavy atom. The maximum atomic E-state index is 9.10. The van der Waals surface area contributed by atoms with Gasteiger partial charge in [0.15, 0.2) is 0 Å². The van der Waals surface area contributed by atoms with E-state index in [-0.39, 0.29) is 5.82 Å². The van der Waals surface area contributed by atoms with E-state index in [4.69, 9.17) is 11.0 Å². The van der Waals surface area contributed by atoms with Crippen LogP contribution in [0.1, 0.15) is 5.56 Å². The van der Waals surface area contributed by atoms with Crippen LogP contribution in [0.2, 0.25) is 0 Å². The fraction of sp³-hybridized carbons (Fsp3) is 0. The predicted octanol–water partition coefficient (Wildman–Crippen LogP) is 2.74. The van der Waals surface area contributed by atoms with Crippen molar-refractivity contribution in [3.05, 3.63) is 36.0 Å². The average molecular weight is 240 g/mol. The van der Waals surface area contributed by atoms with E-state index >= 15 is 0 Å². The number of nitrogen functional groups attached to an aromatic ring is 1. The van der Waals surface area contributed by atoms with Gasteiger partial charge in [0, 0.05) is 11.1 Å². The van der Waals surface area contributed by atoms with Gasteiger partial charge in [0.1, 0.15) is 17.5 Å². The zero-order chi connectivity index (χ0) is 11.8. The van der Waals surface area contributed by atoms with E-state index in [1.165, 1.54) is 0 Å². The smallest absolute Gasteiger partial charge is 0.143 e. The highest BCUT2D eigenvalue weighted by atomic mass is 32.2. The van der Waals surface area contributed by atoms with Crippen LogP contribution in [0.3, 0.4) is 0 Å². The van der Waals surface area contributed by atoms with Gasteiger partial charge in [-0.3, -0.25) is 0 Å². The minimum Gasteiger partial charge on any atom is -0.383 e. The summed E-state index contributed by atoms with van der Waals surface area (Å²) < 4.78 is 0. The molecule has 1 aromatic carbocycles. The van der Waals surface area contributed by atoms with Gasteiger partial charge in [0.05, 0.1) is 16.3 Å². The van der Waals surface area contributed by atoms with Gasteiger partial charge < -0.3 is 11.1 Å². The minimum absolute atomic E-state index is 0.263. The molecule has 0 aliphatic carbocycles. The summed E-state index contributed by atoms with van der Waals surface area (Å²) in [6.45, 7) is 0. The van der Waals surface area contributed by atoms with Gasteiger partial charge in [0.2, 0.25) is 0 Å². The molecule has 0 radical (unpaired) electrons. The summed E-state index contributed by atoms with van der Waals surface area (Å²) >= 11 is 1.59. The molecule has 2 heterocycles. The number of aromatic nitrogens is 1. The van der Waals surface area contributed by atoms with Gasteiger partial charge in [-0.25, -0.2) is 4.98 Å². The summed E-state index contributed by atoms with van der Waals surface area (Å²) in [5.74, 6) is 0.263. The lowest BCUT2D eigenvalue weighted by atomic mass is 10.2. The van der Waals surface area contributed by atoms with Gasteiger partial charge in [-0.1, -0.05) is 23.9 Å². The molecular weight excluding hydrogens is 232 g/mol. The number of nitriles is 1. The number of benzene rings is 1. The zero-order valence-electron chi connectivity index (χ0n) is 8.77. The van der Waals surface area contributed by atoms with Crippen molar-refractivity contribution < 1.29 is 0 Å². The third-order valence-electron chi connectivity index (χ3n) is 2.55. The Balaban J connectivity index is 2.19. The highest BCUT2D eigenvalue weighted by Gasteiger charge is 2.20. The highest BCUT2D eigenvalue weighted by molar-refractivity contribution is 7.99. The molecule has 3 rings (SSSR count). The number of hydrogen-bond donors (Lipinski definition) is 2. The highest BCUT2D eigenvalue weighted by Crippen LogP contribution is 2.45. The standard InChI is InChI=1S/C12H8N4S/c13-5-7-11-10(6-15-12(7)14)17-9-4-2-1-3-8(9)16-11/h1-4,6,16H,(H2,14,15). The second-order valence-electron chi connectivity index (χ2n) is 3.59. The molecule has 4 nitrogen and oxygen atoms in total. The molecule has 0 unspecified atom stereocenters. The van der Waals surface area contributed by atoms with Crippen molar-refractivity contribution in [1.29, 1.82) is 5.26 Å². The fourth-order valence-corrected chi connectivity index (χ4v) is 2.71. The molecule has 0 amide bonds. The first-order chi connectivity index (χ1) is 8.29. The van der Waals surface area contributed by atoms with E-state index in [9.17, 15) is 0 Å².